The number of hydrogen-bond acceptors (Lipinski definition) is 7. The van der Waals surface area contributed by atoms with Crippen LogP contribution in [0, 0.1) is 13.8 Å². The van der Waals surface area contributed by atoms with Gasteiger partial charge in [0.1, 0.15) is 11.6 Å². The monoisotopic (exact) mass is 314 g/mol. The van der Waals surface area contributed by atoms with Crippen molar-refractivity contribution < 1.29 is 5.11 Å². The van der Waals surface area contributed by atoms with E-state index in [9.17, 15) is 5.11 Å². The minimum absolute atomic E-state index is 0.214. The van der Waals surface area contributed by atoms with E-state index in [2.05, 4.69) is 25.3 Å². The number of anilines is 2. The molecule has 23 heavy (non-hydrogen) atoms. The summed E-state index contributed by atoms with van der Waals surface area (Å²) in [5.41, 5.74) is 8.63. The highest BCUT2D eigenvalue weighted by Gasteiger charge is 2.30. The molecule has 1 fully saturated rings. The van der Waals surface area contributed by atoms with Gasteiger partial charge in [0.25, 0.3) is 0 Å². The predicted molar refractivity (Wildman–Crippen MR) is 88.1 cm³/mol. The largest absolute Gasteiger partial charge is 0.393 e. The van der Waals surface area contributed by atoms with Gasteiger partial charge in [0.15, 0.2) is 0 Å². The van der Waals surface area contributed by atoms with Gasteiger partial charge >= 0.3 is 0 Å². The zero-order valence-electron chi connectivity index (χ0n) is 13.5. The van der Waals surface area contributed by atoms with Crippen molar-refractivity contribution in [1.29, 1.82) is 0 Å². The Hall–Kier alpha value is -2.28. The second-order valence-corrected chi connectivity index (χ2v) is 6.10. The minimum Gasteiger partial charge on any atom is -0.393 e. The van der Waals surface area contributed by atoms with Crippen LogP contribution in [0.5, 0.6) is 0 Å². The van der Waals surface area contributed by atoms with Crippen LogP contribution in [0.25, 0.3) is 0 Å². The number of aromatic nitrogens is 4. The first-order valence-corrected chi connectivity index (χ1v) is 7.87. The van der Waals surface area contributed by atoms with Crippen LogP contribution >= 0.6 is 0 Å². The molecule has 0 radical (unpaired) electrons. The van der Waals surface area contributed by atoms with Crippen LogP contribution in [-0.2, 0) is 6.42 Å². The first-order chi connectivity index (χ1) is 11.0. The van der Waals surface area contributed by atoms with E-state index in [-0.39, 0.29) is 18.0 Å². The summed E-state index contributed by atoms with van der Waals surface area (Å²) in [6, 6.07) is 3.87. The maximum atomic E-state index is 9.43. The second-order valence-electron chi connectivity index (χ2n) is 6.10. The third-order valence-corrected chi connectivity index (χ3v) is 3.98. The Labute approximate surface area is 135 Å². The SMILES string of the molecule is Cc1cc(C)nc(CCNc2cc(C3CC(O)C3)nc(N)n2)n1. The molecule has 0 amide bonds. The molecule has 0 unspecified atom stereocenters. The molecule has 1 aliphatic carbocycles. The Kier molecular flexibility index (Phi) is 4.38. The Morgan fingerprint density at radius 3 is 2.48 bits per heavy atom. The standard InChI is InChI=1S/C16H22N6O/c1-9-5-10(2)20-14(19-9)3-4-18-15-8-13(21-16(17)22-15)11-6-12(23)7-11/h5,8,11-12,23H,3-4,6-7H2,1-2H3,(H3,17,18,21,22). The van der Waals surface area contributed by atoms with Crippen molar-refractivity contribution in [3.63, 3.8) is 0 Å². The fourth-order valence-corrected chi connectivity index (χ4v) is 2.83. The number of aryl methyl sites for hydroxylation is 2. The molecule has 0 aliphatic heterocycles. The van der Waals surface area contributed by atoms with E-state index in [1.54, 1.807) is 0 Å². The van der Waals surface area contributed by atoms with Crippen molar-refractivity contribution in [2.75, 3.05) is 17.6 Å². The van der Waals surface area contributed by atoms with Gasteiger partial charge in [0.2, 0.25) is 5.95 Å². The zero-order chi connectivity index (χ0) is 16.4. The lowest BCUT2D eigenvalue weighted by Gasteiger charge is -2.30. The highest BCUT2D eigenvalue weighted by Crippen LogP contribution is 2.36. The average molecular weight is 314 g/mol. The van der Waals surface area contributed by atoms with Crippen molar-refractivity contribution >= 4 is 11.8 Å². The van der Waals surface area contributed by atoms with E-state index >= 15 is 0 Å². The van der Waals surface area contributed by atoms with E-state index < -0.39 is 0 Å². The smallest absolute Gasteiger partial charge is 0.222 e. The number of nitrogens with two attached hydrogens (primary N) is 1. The molecule has 1 saturated carbocycles. The van der Waals surface area contributed by atoms with E-state index in [0.29, 0.717) is 18.8 Å². The van der Waals surface area contributed by atoms with Crippen LogP contribution in [-0.4, -0.2) is 37.7 Å². The fourth-order valence-electron chi connectivity index (χ4n) is 2.83. The highest BCUT2D eigenvalue weighted by atomic mass is 16.3. The molecule has 7 heteroatoms. The summed E-state index contributed by atoms with van der Waals surface area (Å²) < 4.78 is 0. The van der Waals surface area contributed by atoms with Gasteiger partial charge in [-0.1, -0.05) is 0 Å². The lowest BCUT2D eigenvalue weighted by atomic mass is 9.80. The number of nitrogens with zero attached hydrogens (tertiary/aromatic N) is 4. The fraction of sp³-hybridized carbons (Fsp3) is 0.500. The van der Waals surface area contributed by atoms with E-state index in [0.717, 1.165) is 35.7 Å². The topological polar surface area (TPSA) is 110 Å². The number of rotatable bonds is 5. The molecule has 3 rings (SSSR count). The molecule has 7 nitrogen and oxygen atoms in total. The summed E-state index contributed by atoms with van der Waals surface area (Å²) in [6.07, 6.45) is 1.98. The molecular weight excluding hydrogens is 292 g/mol. The Bertz CT molecular complexity index is 679. The third kappa shape index (κ3) is 3.92. The molecule has 0 saturated heterocycles. The van der Waals surface area contributed by atoms with Gasteiger partial charge in [-0.25, -0.2) is 15.0 Å². The molecular formula is C16H22N6O. The van der Waals surface area contributed by atoms with Crippen LogP contribution in [0.15, 0.2) is 12.1 Å². The number of nitrogen functional groups attached to an aromatic ring is 1. The summed E-state index contributed by atoms with van der Waals surface area (Å²) in [5, 5.41) is 12.7. The number of aliphatic hydroxyl groups is 1. The first kappa shape index (κ1) is 15.6. The van der Waals surface area contributed by atoms with Crippen molar-refractivity contribution in [1.82, 2.24) is 19.9 Å². The number of hydrogen-bond donors (Lipinski definition) is 3. The molecule has 0 spiro atoms. The summed E-state index contributed by atoms with van der Waals surface area (Å²) in [7, 11) is 0. The quantitative estimate of drug-likeness (QED) is 0.764. The van der Waals surface area contributed by atoms with Gasteiger partial charge < -0.3 is 16.2 Å². The van der Waals surface area contributed by atoms with Gasteiger partial charge in [-0.05, 0) is 32.8 Å². The van der Waals surface area contributed by atoms with Crippen LogP contribution in [0.2, 0.25) is 0 Å². The van der Waals surface area contributed by atoms with E-state index in [4.69, 9.17) is 5.73 Å². The molecule has 1 aliphatic rings. The molecule has 0 aromatic carbocycles. The van der Waals surface area contributed by atoms with Crippen LogP contribution in [0.3, 0.4) is 0 Å². The lowest BCUT2D eigenvalue weighted by Crippen LogP contribution is -2.27. The highest BCUT2D eigenvalue weighted by molar-refractivity contribution is 5.42. The Morgan fingerprint density at radius 2 is 1.83 bits per heavy atom. The second kappa shape index (κ2) is 6.45. The van der Waals surface area contributed by atoms with Crippen molar-refractivity contribution in [2.45, 2.75) is 45.1 Å². The molecule has 0 atom stereocenters. The van der Waals surface area contributed by atoms with Crippen molar-refractivity contribution in [2.24, 2.45) is 0 Å². The average Bonchev–Trinajstić information content (AvgIpc) is 2.42. The molecule has 122 valence electrons. The maximum Gasteiger partial charge on any atom is 0.222 e. The summed E-state index contributed by atoms with van der Waals surface area (Å²) in [4.78, 5) is 17.3. The number of nitrogens with one attached hydrogen (secondary N) is 1. The van der Waals surface area contributed by atoms with Crippen molar-refractivity contribution in [3.8, 4) is 0 Å². The molecule has 2 aromatic heterocycles. The molecule has 4 N–H and O–H groups in total. The van der Waals surface area contributed by atoms with E-state index in [1.807, 2.05) is 26.0 Å². The normalized spacial score (nSPS) is 20.1. The summed E-state index contributed by atoms with van der Waals surface area (Å²) >= 11 is 0. The number of aliphatic hydroxyl groups excluding tert-OH is 1. The molecule has 2 heterocycles. The van der Waals surface area contributed by atoms with Gasteiger partial charge in [-0.2, -0.15) is 4.98 Å². The predicted octanol–water partition coefficient (Wildman–Crippen LogP) is 1.36. The van der Waals surface area contributed by atoms with Gasteiger partial charge in [-0.3, -0.25) is 0 Å². The van der Waals surface area contributed by atoms with Crippen LogP contribution in [0.1, 0.15) is 41.7 Å². The third-order valence-electron chi connectivity index (χ3n) is 3.98. The van der Waals surface area contributed by atoms with Crippen LogP contribution < -0.4 is 11.1 Å². The molecule has 2 aromatic rings. The van der Waals surface area contributed by atoms with Crippen LogP contribution in [0.4, 0.5) is 11.8 Å². The summed E-state index contributed by atoms with van der Waals surface area (Å²) in [5.74, 6) is 2.06. The Balaban J connectivity index is 1.61. The van der Waals surface area contributed by atoms with Gasteiger partial charge in [-0.15, -0.1) is 0 Å². The lowest BCUT2D eigenvalue weighted by molar-refractivity contribution is 0.0732. The van der Waals surface area contributed by atoms with Gasteiger partial charge in [0.05, 0.1) is 11.8 Å². The van der Waals surface area contributed by atoms with E-state index in [1.165, 1.54) is 0 Å². The minimum atomic E-state index is -0.214. The van der Waals surface area contributed by atoms with Crippen molar-refractivity contribution in [3.05, 3.63) is 35.0 Å². The van der Waals surface area contributed by atoms with Gasteiger partial charge in [0, 0.05) is 36.3 Å². The zero-order valence-corrected chi connectivity index (χ0v) is 13.5. The summed E-state index contributed by atoms with van der Waals surface area (Å²) in [6.45, 7) is 4.61. The molecule has 0 bridgehead atoms. The Morgan fingerprint density at radius 1 is 1.13 bits per heavy atom. The first-order valence-electron chi connectivity index (χ1n) is 7.87. The maximum absolute atomic E-state index is 9.43.